The number of nitrogens with one attached hydrogen (secondary N) is 2. The van der Waals surface area contributed by atoms with Crippen LogP contribution in [0.1, 0.15) is 83.0 Å². The van der Waals surface area contributed by atoms with E-state index in [2.05, 4.69) is 25.1 Å². The van der Waals surface area contributed by atoms with Crippen LogP contribution < -0.4 is 15.4 Å². The average molecular weight is 686 g/mol. The first-order valence-corrected chi connectivity index (χ1v) is 16.3. The van der Waals surface area contributed by atoms with Crippen LogP contribution in [0.3, 0.4) is 0 Å². The van der Waals surface area contributed by atoms with Crippen LogP contribution in [0.4, 0.5) is 22.7 Å². The van der Waals surface area contributed by atoms with Crippen molar-refractivity contribution in [3.63, 3.8) is 0 Å². The Morgan fingerprint density at radius 2 is 1.69 bits per heavy atom. The van der Waals surface area contributed by atoms with Crippen molar-refractivity contribution >= 4 is 44.5 Å². The van der Waals surface area contributed by atoms with Crippen molar-refractivity contribution in [1.29, 1.82) is 0 Å². The predicted octanol–water partition coefficient (Wildman–Crippen LogP) is 7.52. The third kappa shape index (κ3) is 7.60. The quantitative estimate of drug-likeness (QED) is 0.147. The molecule has 4 aromatic rings. The van der Waals surface area contributed by atoms with Crippen LogP contribution in [0.25, 0.3) is 10.2 Å². The average Bonchev–Trinajstić information content (AvgIpc) is 3.43. The number of rotatable bonds is 10. The molecule has 1 atom stereocenters. The number of hydrogen-bond acceptors (Lipinski definition) is 7. The van der Waals surface area contributed by atoms with Crippen molar-refractivity contribution in [2.75, 3.05) is 11.9 Å². The normalized spacial score (nSPS) is 17.6. The van der Waals surface area contributed by atoms with E-state index in [1.54, 1.807) is 24.3 Å². The van der Waals surface area contributed by atoms with Gasteiger partial charge in [-0.3, -0.25) is 14.4 Å². The lowest BCUT2D eigenvalue weighted by atomic mass is 9.83. The van der Waals surface area contributed by atoms with Gasteiger partial charge in [-0.15, -0.1) is 8.78 Å². The fourth-order valence-electron chi connectivity index (χ4n) is 6.08. The zero-order valence-electron chi connectivity index (χ0n) is 25.4. The van der Waals surface area contributed by atoms with Crippen LogP contribution >= 0.6 is 11.3 Å². The van der Waals surface area contributed by atoms with Gasteiger partial charge in [0.15, 0.2) is 5.13 Å². The monoisotopic (exact) mass is 685 g/mol. The molecule has 3 N–H and O–H groups in total. The van der Waals surface area contributed by atoms with E-state index < -0.39 is 47.4 Å². The van der Waals surface area contributed by atoms with Crippen LogP contribution in [0.5, 0.6) is 5.75 Å². The highest BCUT2D eigenvalue weighted by molar-refractivity contribution is 7.22. The van der Waals surface area contributed by atoms with Gasteiger partial charge in [-0.05, 0) is 60.1 Å². The third-order valence-corrected chi connectivity index (χ3v) is 9.46. The Bertz CT molecular complexity index is 1830. The molecule has 48 heavy (non-hydrogen) atoms. The van der Waals surface area contributed by atoms with Crippen molar-refractivity contribution in [2.24, 2.45) is 0 Å². The molecule has 14 heteroatoms. The molecule has 0 saturated heterocycles. The molecule has 6 rings (SSSR count). The molecule has 1 saturated carbocycles. The topological polar surface area (TPSA) is 127 Å². The van der Waals surface area contributed by atoms with E-state index in [4.69, 9.17) is 5.11 Å². The summed E-state index contributed by atoms with van der Waals surface area (Å²) in [5.74, 6) is -2.89. The Balaban J connectivity index is 1.24. The minimum Gasteiger partial charge on any atom is -0.481 e. The van der Waals surface area contributed by atoms with E-state index in [1.807, 2.05) is 24.3 Å². The number of benzene rings is 3. The van der Waals surface area contributed by atoms with Crippen molar-refractivity contribution in [3.8, 4) is 5.75 Å². The highest BCUT2D eigenvalue weighted by atomic mass is 32.1. The number of carboxylic acid groups (broad SMARTS) is 1. The second-order valence-electron chi connectivity index (χ2n) is 11.9. The van der Waals surface area contributed by atoms with Gasteiger partial charge in [0.25, 0.3) is 5.91 Å². The molecule has 3 aromatic carbocycles. The number of aromatic nitrogens is 1. The van der Waals surface area contributed by atoms with Crippen molar-refractivity contribution < 1.29 is 46.5 Å². The molecule has 1 aromatic heterocycles. The van der Waals surface area contributed by atoms with Crippen LogP contribution in [-0.2, 0) is 26.9 Å². The number of fused-ring (bicyclic) bond motifs is 2. The maximum atomic E-state index is 14.3. The lowest BCUT2D eigenvalue weighted by Gasteiger charge is -2.30. The standard InChI is InChI=1S/C34H31F4N3O6S/c35-33(36)25-17-26-28(18-27(25)46-34(37,38)47-33)48-32(40-26)41-31(45)24(22-12-10-21(11-13-22)20-4-2-1-3-5-20)16-19-6-8-23(9-7-19)30(44)39-15-14-29(42)43/h6-13,17-18,20,24H,1-5,14-16H2,(H,39,44)(H,42,43)(H,40,41,45). The third-order valence-electron chi connectivity index (χ3n) is 8.52. The fraction of sp³-hybridized carbons (Fsp3) is 0.353. The number of hydrogen-bond donors (Lipinski definition) is 3. The highest BCUT2D eigenvalue weighted by Crippen LogP contribution is 2.48. The first kappa shape index (κ1) is 33.3. The number of alkyl halides is 4. The molecule has 0 spiro atoms. The molecular weight excluding hydrogens is 654 g/mol. The van der Waals surface area contributed by atoms with E-state index in [0.717, 1.165) is 47.4 Å². The molecule has 2 amide bonds. The van der Waals surface area contributed by atoms with Gasteiger partial charge in [-0.25, -0.2) is 9.72 Å². The summed E-state index contributed by atoms with van der Waals surface area (Å²) in [5, 5.41) is 14.2. The number of carbonyl (C=O) groups is 3. The summed E-state index contributed by atoms with van der Waals surface area (Å²) < 4.78 is 64.0. The molecular formula is C34H31F4N3O6S. The number of ether oxygens (including phenoxy) is 2. The molecule has 1 unspecified atom stereocenters. The van der Waals surface area contributed by atoms with Gasteiger partial charge < -0.3 is 20.5 Å². The van der Waals surface area contributed by atoms with Gasteiger partial charge in [0.2, 0.25) is 5.91 Å². The van der Waals surface area contributed by atoms with Crippen molar-refractivity contribution in [2.45, 2.75) is 69.2 Å². The van der Waals surface area contributed by atoms with Gasteiger partial charge in [0.05, 0.1) is 28.1 Å². The van der Waals surface area contributed by atoms with Gasteiger partial charge in [0, 0.05) is 18.2 Å². The maximum Gasteiger partial charge on any atom is 0.540 e. The molecule has 252 valence electrons. The summed E-state index contributed by atoms with van der Waals surface area (Å²) in [7, 11) is 0. The van der Waals surface area contributed by atoms with E-state index in [0.29, 0.717) is 11.5 Å². The van der Waals surface area contributed by atoms with E-state index in [9.17, 15) is 31.9 Å². The summed E-state index contributed by atoms with van der Waals surface area (Å²) in [6, 6.07) is 16.4. The zero-order valence-corrected chi connectivity index (χ0v) is 26.3. The summed E-state index contributed by atoms with van der Waals surface area (Å²) in [6.45, 7) is -0.0148. The number of anilines is 1. The number of carbonyl (C=O) groups excluding carboxylic acids is 2. The lowest BCUT2D eigenvalue weighted by Crippen LogP contribution is -2.41. The van der Waals surface area contributed by atoms with Crippen LogP contribution in [0.15, 0.2) is 60.7 Å². The minimum absolute atomic E-state index is 0.0148. The number of thiazole rings is 1. The molecule has 2 heterocycles. The molecule has 1 aliphatic heterocycles. The van der Waals surface area contributed by atoms with Crippen LogP contribution in [0.2, 0.25) is 0 Å². The number of amides is 2. The number of aliphatic carboxylic acids is 1. The first-order chi connectivity index (χ1) is 22.9. The summed E-state index contributed by atoms with van der Waals surface area (Å²) >= 11 is 0.917. The predicted molar refractivity (Wildman–Crippen MR) is 169 cm³/mol. The minimum atomic E-state index is -4.52. The van der Waals surface area contributed by atoms with E-state index in [-0.39, 0.29) is 34.7 Å². The molecule has 9 nitrogen and oxygen atoms in total. The Hall–Kier alpha value is -4.56. The first-order valence-electron chi connectivity index (χ1n) is 15.5. The molecule has 0 radical (unpaired) electrons. The van der Waals surface area contributed by atoms with Gasteiger partial charge in [-0.1, -0.05) is 67.0 Å². The van der Waals surface area contributed by atoms with Gasteiger partial charge in [-0.2, -0.15) is 8.78 Å². The highest BCUT2D eigenvalue weighted by Gasteiger charge is 2.54. The Kier molecular flexibility index (Phi) is 9.39. The SMILES string of the molecule is O=C(O)CCNC(=O)c1ccc(CC(C(=O)Nc2nc3cc4c(cc3s2)OC(F)(F)OC4(F)F)c2ccc(C3CCCCC3)cc2)cc1. The maximum absolute atomic E-state index is 14.3. The Labute approximate surface area is 276 Å². The van der Waals surface area contributed by atoms with Crippen LogP contribution in [0, 0.1) is 0 Å². The fourth-order valence-corrected chi connectivity index (χ4v) is 6.96. The summed E-state index contributed by atoms with van der Waals surface area (Å²) in [6.07, 6.45) is -3.00. The Morgan fingerprint density at radius 1 is 0.979 bits per heavy atom. The molecule has 1 fully saturated rings. The number of halogens is 4. The Morgan fingerprint density at radius 3 is 2.38 bits per heavy atom. The number of nitrogens with zero attached hydrogens (tertiary/aromatic N) is 1. The van der Waals surface area contributed by atoms with Gasteiger partial charge in [0.1, 0.15) is 5.75 Å². The van der Waals surface area contributed by atoms with E-state index >= 15 is 0 Å². The second kappa shape index (κ2) is 13.5. The van der Waals surface area contributed by atoms with E-state index in [1.165, 1.54) is 24.8 Å². The van der Waals surface area contributed by atoms with Crippen molar-refractivity contribution in [3.05, 3.63) is 88.5 Å². The summed E-state index contributed by atoms with van der Waals surface area (Å²) in [5.41, 5.74) is 2.14. The second-order valence-corrected chi connectivity index (χ2v) is 12.9. The largest absolute Gasteiger partial charge is 0.540 e. The molecule has 0 bridgehead atoms. The summed E-state index contributed by atoms with van der Waals surface area (Å²) in [4.78, 5) is 41.3. The van der Waals surface area contributed by atoms with Crippen LogP contribution in [-0.4, -0.2) is 40.7 Å². The van der Waals surface area contributed by atoms with Gasteiger partial charge >= 0.3 is 18.4 Å². The number of carboxylic acids is 1. The lowest BCUT2D eigenvalue weighted by molar-refractivity contribution is -0.461. The zero-order chi connectivity index (χ0) is 34.1. The van der Waals surface area contributed by atoms with Crippen molar-refractivity contribution in [1.82, 2.24) is 10.3 Å². The smallest absolute Gasteiger partial charge is 0.481 e. The molecule has 2 aliphatic rings. The molecule has 1 aliphatic carbocycles.